The van der Waals surface area contributed by atoms with Crippen molar-refractivity contribution in [1.29, 1.82) is 0 Å². The predicted octanol–water partition coefficient (Wildman–Crippen LogP) is 2.96. The van der Waals surface area contributed by atoms with Crippen LogP contribution in [0.5, 0.6) is 0 Å². The third-order valence-electron chi connectivity index (χ3n) is 2.58. The topological polar surface area (TPSA) is 40.7 Å². The van der Waals surface area contributed by atoms with Gasteiger partial charge >= 0.3 is 0 Å². The number of thiophene rings is 1. The highest BCUT2D eigenvalue weighted by Gasteiger charge is 2.15. The summed E-state index contributed by atoms with van der Waals surface area (Å²) in [5.41, 5.74) is 1.13. The molecule has 0 aliphatic rings. The van der Waals surface area contributed by atoms with Crippen molar-refractivity contribution in [1.82, 2.24) is 15.3 Å². The first kappa shape index (κ1) is 11.4. The molecule has 0 aromatic carbocycles. The van der Waals surface area contributed by atoms with E-state index in [2.05, 4.69) is 46.6 Å². The van der Waals surface area contributed by atoms with Crippen molar-refractivity contribution in [3.63, 3.8) is 0 Å². The SMILES string of the molecule is CC(C)C(NCc1cnc[nH]1)c1cccs1. The van der Waals surface area contributed by atoms with Gasteiger partial charge in [0.1, 0.15) is 0 Å². The van der Waals surface area contributed by atoms with Crippen molar-refractivity contribution in [2.24, 2.45) is 5.92 Å². The molecule has 0 spiro atoms. The zero-order valence-corrected chi connectivity index (χ0v) is 10.4. The molecule has 0 aliphatic carbocycles. The van der Waals surface area contributed by atoms with Crippen molar-refractivity contribution in [3.8, 4) is 0 Å². The average molecular weight is 235 g/mol. The Morgan fingerprint density at radius 2 is 2.38 bits per heavy atom. The Labute approximate surface area is 99.9 Å². The second-order valence-electron chi connectivity index (χ2n) is 4.19. The van der Waals surface area contributed by atoms with Gasteiger partial charge < -0.3 is 10.3 Å². The lowest BCUT2D eigenvalue weighted by atomic mass is 10.0. The smallest absolute Gasteiger partial charge is 0.0922 e. The number of hydrogen-bond donors (Lipinski definition) is 2. The number of aromatic nitrogens is 2. The van der Waals surface area contributed by atoms with E-state index in [1.54, 1.807) is 6.33 Å². The van der Waals surface area contributed by atoms with Gasteiger partial charge in [0.05, 0.1) is 6.33 Å². The molecule has 0 saturated heterocycles. The van der Waals surface area contributed by atoms with Crippen molar-refractivity contribution < 1.29 is 0 Å². The lowest BCUT2D eigenvalue weighted by molar-refractivity contribution is 0.414. The van der Waals surface area contributed by atoms with Gasteiger partial charge in [-0.1, -0.05) is 19.9 Å². The second kappa shape index (κ2) is 5.27. The van der Waals surface area contributed by atoms with Gasteiger partial charge in [0.15, 0.2) is 0 Å². The molecule has 0 saturated carbocycles. The van der Waals surface area contributed by atoms with Gasteiger partial charge in [-0.3, -0.25) is 0 Å². The highest BCUT2D eigenvalue weighted by Crippen LogP contribution is 2.25. The van der Waals surface area contributed by atoms with E-state index in [1.165, 1.54) is 4.88 Å². The first-order chi connectivity index (χ1) is 7.77. The summed E-state index contributed by atoms with van der Waals surface area (Å²) in [5.74, 6) is 0.585. The third kappa shape index (κ3) is 2.71. The zero-order valence-electron chi connectivity index (χ0n) is 9.60. The lowest BCUT2D eigenvalue weighted by Gasteiger charge is -2.20. The van der Waals surface area contributed by atoms with Crippen LogP contribution in [0.1, 0.15) is 30.5 Å². The first-order valence-electron chi connectivity index (χ1n) is 5.51. The summed E-state index contributed by atoms with van der Waals surface area (Å²) in [6.45, 7) is 5.31. The summed E-state index contributed by atoms with van der Waals surface area (Å²) in [6.07, 6.45) is 3.57. The Bertz CT molecular complexity index is 392. The number of hydrogen-bond acceptors (Lipinski definition) is 3. The van der Waals surface area contributed by atoms with Crippen LogP contribution in [0, 0.1) is 5.92 Å². The Balaban J connectivity index is 1.99. The molecule has 16 heavy (non-hydrogen) atoms. The maximum atomic E-state index is 4.01. The Kier molecular flexibility index (Phi) is 3.74. The molecular formula is C12H17N3S. The minimum atomic E-state index is 0.420. The molecule has 2 heterocycles. The third-order valence-corrected chi connectivity index (χ3v) is 3.54. The number of nitrogens with zero attached hydrogens (tertiary/aromatic N) is 1. The van der Waals surface area contributed by atoms with Crippen LogP contribution in [0.3, 0.4) is 0 Å². The van der Waals surface area contributed by atoms with Crippen molar-refractivity contribution in [2.75, 3.05) is 0 Å². The van der Waals surface area contributed by atoms with E-state index in [1.807, 2.05) is 17.5 Å². The van der Waals surface area contributed by atoms with Crippen LogP contribution in [0.25, 0.3) is 0 Å². The molecule has 1 unspecified atom stereocenters. The van der Waals surface area contributed by atoms with Crippen molar-refractivity contribution in [3.05, 3.63) is 40.6 Å². The summed E-state index contributed by atoms with van der Waals surface area (Å²) < 4.78 is 0. The summed E-state index contributed by atoms with van der Waals surface area (Å²) in [7, 11) is 0. The first-order valence-corrected chi connectivity index (χ1v) is 6.39. The largest absolute Gasteiger partial charge is 0.347 e. The van der Waals surface area contributed by atoms with Crippen LogP contribution in [0.4, 0.5) is 0 Å². The molecule has 0 fully saturated rings. The normalized spacial score (nSPS) is 13.2. The fourth-order valence-corrected chi connectivity index (χ4v) is 2.71. The molecule has 0 amide bonds. The van der Waals surface area contributed by atoms with Gasteiger partial charge in [-0.05, 0) is 17.4 Å². The lowest BCUT2D eigenvalue weighted by Crippen LogP contribution is -2.24. The van der Waals surface area contributed by atoms with E-state index in [0.29, 0.717) is 12.0 Å². The molecule has 0 aliphatic heterocycles. The van der Waals surface area contributed by atoms with E-state index >= 15 is 0 Å². The standard InChI is InChI=1S/C12H17N3S/c1-9(2)12(11-4-3-5-16-11)14-7-10-6-13-8-15-10/h3-6,8-9,12,14H,7H2,1-2H3,(H,13,15). The quantitative estimate of drug-likeness (QED) is 0.836. The summed E-state index contributed by atoms with van der Waals surface area (Å²) in [4.78, 5) is 8.52. The molecular weight excluding hydrogens is 218 g/mol. The highest BCUT2D eigenvalue weighted by atomic mass is 32.1. The Morgan fingerprint density at radius 1 is 1.50 bits per heavy atom. The molecule has 2 N–H and O–H groups in total. The molecule has 2 aromatic rings. The molecule has 2 rings (SSSR count). The number of nitrogens with one attached hydrogen (secondary N) is 2. The van der Waals surface area contributed by atoms with Crippen LogP contribution in [-0.4, -0.2) is 9.97 Å². The van der Waals surface area contributed by atoms with Gasteiger partial charge in [-0.25, -0.2) is 4.98 Å². The summed E-state index contributed by atoms with van der Waals surface area (Å²) in [5, 5.41) is 5.69. The number of aromatic amines is 1. The second-order valence-corrected chi connectivity index (χ2v) is 5.17. The van der Waals surface area contributed by atoms with Crippen molar-refractivity contribution in [2.45, 2.75) is 26.4 Å². The molecule has 1 atom stereocenters. The molecule has 0 radical (unpaired) electrons. The number of rotatable bonds is 5. The summed E-state index contributed by atoms with van der Waals surface area (Å²) in [6, 6.07) is 4.71. The zero-order chi connectivity index (χ0) is 11.4. The van der Waals surface area contributed by atoms with Crippen LogP contribution in [0.2, 0.25) is 0 Å². The monoisotopic (exact) mass is 235 g/mol. The van der Waals surface area contributed by atoms with Gasteiger partial charge in [0.25, 0.3) is 0 Å². The molecule has 0 bridgehead atoms. The Hall–Kier alpha value is -1.13. The van der Waals surface area contributed by atoms with Crippen LogP contribution in [-0.2, 0) is 6.54 Å². The predicted molar refractivity (Wildman–Crippen MR) is 67.3 cm³/mol. The highest BCUT2D eigenvalue weighted by molar-refractivity contribution is 7.10. The van der Waals surface area contributed by atoms with Gasteiger partial charge in [-0.2, -0.15) is 0 Å². The minimum Gasteiger partial charge on any atom is -0.347 e. The van der Waals surface area contributed by atoms with E-state index in [9.17, 15) is 0 Å². The Morgan fingerprint density at radius 3 is 2.94 bits per heavy atom. The average Bonchev–Trinajstić information content (AvgIpc) is 2.88. The maximum Gasteiger partial charge on any atom is 0.0922 e. The summed E-state index contributed by atoms with van der Waals surface area (Å²) >= 11 is 1.81. The fraction of sp³-hybridized carbons (Fsp3) is 0.417. The van der Waals surface area contributed by atoms with Crippen LogP contribution < -0.4 is 5.32 Å². The number of H-pyrrole nitrogens is 1. The van der Waals surface area contributed by atoms with Gasteiger partial charge in [0.2, 0.25) is 0 Å². The van der Waals surface area contributed by atoms with Crippen LogP contribution >= 0.6 is 11.3 Å². The van der Waals surface area contributed by atoms with Gasteiger partial charge in [-0.15, -0.1) is 11.3 Å². The molecule has 86 valence electrons. The molecule has 2 aromatic heterocycles. The van der Waals surface area contributed by atoms with Crippen molar-refractivity contribution >= 4 is 11.3 Å². The van der Waals surface area contributed by atoms with Gasteiger partial charge in [0, 0.05) is 29.4 Å². The minimum absolute atomic E-state index is 0.420. The van der Waals surface area contributed by atoms with E-state index in [-0.39, 0.29) is 0 Å². The molecule has 3 nitrogen and oxygen atoms in total. The van der Waals surface area contributed by atoms with Crippen LogP contribution in [0.15, 0.2) is 30.0 Å². The van der Waals surface area contributed by atoms with E-state index < -0.39 is 0 Å². The maximum absolute atomic E-state index is 4.01. The van der Waals surface area contributed by atoms with E-state index in [0.717, 1.165) is 12.2 Å². The molecule has 4 heteroatoms. The fourth-order valence-electron chi connectivity index (χ4n) is 1.73. The van der Waals surface area contributed by atoms with E-state index in [4.69, 9.17) is 0 Å². The number of imidazole rings is 1.